The van der Waals surface area contributed by atoms with Crippen molar-refractivity contribution in [3.8, 4) is 11.5 Å². The maximum atomic E-state index is 10.1. The monoisotopic (exact) mass is 410 g/mol. The van der Waals surface area contributed by atoms with Crippen molar-refractivity contribution >= 4 is 26.8 Å². The van der Waals surface area contributed by atoms with Crippen LogP contribution in [0.3, 0.4) is 0 Å². The summed E-state index contributed by atoms with van der Waals surface area (Å²) in [5, 5.41) is 12.5. The van der Waals surface area contributed by atoms with E-state index in [0.29, 0.717) is 6.42 Å². The van der Waals surface area contributed by atoms with E-state index in [4.69, 9.17) is 4.43 Å². The molecule has 0 bridgehead atoms. The minimum absolute atomic E-state index is 0.0229. The van der Waals surface area contributed by atoms with Gasteiger partial charge in [-0.1, -0.05) is 101 Å². The lowest BCUT2D eigenvalue weighted by molar-refractivity contribution is 0.111. The zero-order valence-electron chi connectivity index (χ0n) is 18.1. The molecule has 0 aliphatic heterocycles. The first kappa shape index (κ1) is 22.6. The number of aliphatic hydroxyl groups excluding tert-OH is 1. The standard InChI is InChI=1S/C24H34O2Si2/c1-24(2,3)28(22-15-9-7-10-16-22,23-17-11-8-12-18-23)26-21(20-25)14-13-19-27(4,5)6/h7-12,15-18,21,25H,14,20H2,1-6H3. The van der Waals surface area contributed by atoms with Crippen molar-refractivity contribution in [1.82, 2.24) is 0 Å². The van der Waals surface area contributed by atoms with Crippen LogP contribution in [-0.4, -0.2) is 34.2 Å². The Hall–Kier alpha value is -1.65. The van der Waals surface area contributed by atoms with E-state index in [9.17, 15) is 5.11 Å². The fourth-order valence-corrected chi connectivity index (χ4v) is 8.82. The first-order valence-electron chi connectivity index (χ1n) is 10.00. The van der Waals surface area contributed by atoms with Gasteiger partial charge in [0.25, 0.3) is 8.32 Å². The maximum absolute atomic E-state index is 10.1. The molecule has 1 unspecified atom stereocenters. The van der Waals surface area contributed by atoms with Gasteiger partial charge in [0.2, 0.25) is 0 Å². The highest BCUT2D eigenvalue weighted by Crippen LogP contribution is 2.37. The van der Waals surface area contributed by atoms with Crippen molar-refractivity contribution in [2.45, 2.75) is 58.0 Å². The van der Waals surface area contributed by atoms with Crippen LogP contribution in [0.15, 0.2) is 60.7 Å². The molecule has 2 aromatic rings. The molecule has 0 spiro atoms. The van der Waals surface area contributed by atoms with Gasteiger partial charge in [-0.05, 0) is 15.4 Å². The zero-order chi connectivity index (χ0) is 20.8. The lowest BCUT2D eigenvalue weighted by Gasteiger charge is -2.44. The van der Waals surface area contributed by atoms with Crippen molar-refractivity contribution in [2.24, 2.45) is 0 Å². The molecule has 0 fully saturated rings. The Bertz CT molecular complexity index is 754. The molecule has 0 aliphatic carbocycles. The van der Waals surface area contributed by atoms with E-state index >= 15 is 0 Å². The molecule has 4 heteroatoms. The van der Waals surface area contributed by atoms with Gasteiger partial charge in [-0.2, -0.15) is 0 Å². The SMILES string of the molecule is CC(C)(C)[Si](OC(CO)CC#C[Si](C)(C)C)(c1ccccc1)c1ccccc1. The normalized spacial score (nSPS) is 13.5. The first-order chi connectivity index (χ1) is 13.1. The molecular formula is C24H34O2Si2. The summed E-state index contributed by atoms with van der Waals surface area (Å²) in [6.07, 6.45) is 0.265. The maximum Gasteiger partial charge on any atom is 0.261 e. The van der Waals surface area contributed by atoms with Gasteiger partial charge < -0.3 is 9.53 Å². The molecule has 0 aromatic heterocycles. The summed E-state index contributed by atoms with van der Waals surface area (Å²) >= 11 is 0. The third kappa shape index (κ3) is 5.45. The van der Waals surface area contributed by atoms with Crippen LogP contribution >= 0.6 is 0 Å². The molecular weight excluding hydrogens is 376 g/mol. The fraction of sp³-hybridized carbons (Fsp3) is 0.417. The van der Waals surface area contributed by atoms with E-state index in [-0.39, 0.29) is 17.7 Å². The molecule has 0 saturated carbocycles. The Balaban J connectivity index is 2.55. The molecule has 0 aliphatic rings. The quantitative estimate of drug-likeness (QED) is 0.571. The van der Waals surface area contributed by atoms with Crippen molar-refractivity contribution < 1.29 is 9.53 Å². The van der Waals surface area contributed by atoms with Crippen molar-refractivity contribution in [1.29, 1.82) is 0 Å². The minimum atomic E-state index is -2.65. The topological polar surface area (TPSA) is 29.5 Å². The lowest BCUT2D eigenvalue weighted by Crippen LogP contribution is -2.68. The molecule has 0 heterocycles. The summed E-state index contributed by atoms with van der Waals surface area (Å²) in [6, 6.07) is 21.1. The fourth-order valence-electron chi connectivity index (χ4n) is 3.51. The molecule has 2 aromatic carbocycles. The number of benzene rings is 2. The summed E-state index contributed by atoms with van der Waals surface area (Å²) in [6.45, 7) is 13.4. The van der Waals surface area contributed by atoms with Crippen molar-refractivity contribution in [3.05, 3.63) is 60.7 Å². The van der Waals surface area contributed by atoms with Crippen LogP contribution in [0.5, 0.6) is 0 Å². The third-order valence-corrected chi connectivity index (χ3v) is 10.8. The average molecular weight is 411 g/mol. The molecule has 2 rings (SSSR count). The van der Waals surface area contributed by atoms with Crippen molar-refractivity contribution in [3.63, 3.8) is 0 Å². The number of hydrogen-bond acceptors (Lipinski definition) is 2. The third-order valence-electron chi connectivity index (χ3n) is 4.76. The Kier molecular flexibility index (Phi) is 7.47. The Morgan fingerprint density at radius 2 is 1.36 bits per heavy atom. The minimum Gasteiger partial charge on any atom is -0.401 e. The highest BCUT2D eigenvalue weighted by Gasteiger charge is 2.51. The smallest absolute Gasteiger partial charge is 0.261 e. The number of rotatable bonds is 6. The van der Waals surface area contributed by atoms with E-state index in [1.165, 1.54) is 10.4 Å². The summed E-state index contributed by atoms with van der Waals surface area (Å²) < 4.78 is 6.94. The van der Waals surface area contributed by atoms with E-state index in [1.54, 1.807) is 0 Å². The van der Waals surface area contributed by atoms with Crippen LogP contribution in [0.4, 0.5) is 0 Å². The van der Waals surface area contributed by atoms with Gasteiger partial charge in [0.15, 0.2) is 0 Å². The predicted octanol–water partition coefficient (Wildman–Crippen LogP) is 4.19. The van der Waals surface area contributed by atoms with Gasteiger partial charge in [0, 0.05) is 6.42 Å². The molecule has 1 N–H and O–H groups in total. The largest absolute Gasteiger partial charge is 0.401 e. The molecule has 1 atom stereocenters. The van der Waals surface area contributed by atoms with Crippen molar-refractivity contribution in [2.75, 3.05) is 6.61 Å². The van der Waals surface area contributed by atoms with Gasteiger partial charge in [0.1, 0.15) is 8.07 Å². The summed E-state index contributed by atoms with van der Waals surface area (Å²) in [5.74, 6) is 3.30. The highest BCUT2D eigenvalue weighted by molar-refractivity contribution is 6.99. The number of hydrogen-bond donors (Lipinski definition) is 1. The van der Waals surface area contributed by atoms with Gasteiger partial charge in [-0.25, -0.2) is 0 Å². The van der Waals surface area contributed by atoms with Crippen LogP contribution < -0.4 is 10.4 Å². The van der Waals surface area contributed by atoms with Gasteiger partial charge in [-0.15, -0.1) is 11.5 Å². The second-order valence-electron chi connectivity index (χ2n) is 9.34. The Labute approximate surface area is 173 Å². The van der Waals surface area contributed by atoms with E-state index < -0.39 is 16.4 Å². The molecule has 0 radical (unpaired) electrons. The molecule has 150 valence electrons. The predicted molar refractivity (Wildman–Crippen MR) is 125 cm³/mol. The Morgan fingerprint density at radius 3 is 1.71 bits per heavy atom. The second-order valence-corrected chi connectivity index (χ2v) is 18.3. The molecule has 0 saturated heterocycles. The number of aliphatic hydroxyl groups is 1. The highest BCUT2D eigenvalue weighted by atomic mass is 28.4. The molecule has 28 heavy (non-hydrogen) atoms. The van der Waals surface area contributed by atoms with Gasteiger partial charge in [-0.3, -0.25) is 0 Å². The van der Waals surface area contributed by atoms with Gasteiger partial charge in [0.05, 0.1) is 12.7 Å². The van der Waals surface area contributed by atoms with Crippen LogP contribution in [0.2, 0.25) is 24.7 Å². The summed E-state index contributed by atoms with van der Waals surface area (Å²) in [5.41, 5.74) is 3.40. The zero-order valence-corrected chi connectivity index (χ0v) is 20.1. The van der Waals surface area contributed by atoms with Gasteiger partial charge >= 0.3 is 0 Å². The van der Waals surface area contributed by atoms with Crippen LogP contribution in [0.25, 0.3) is 0 Å². The van der Waals surface area contributed by atoms with E-state index in [1.807, 2.05) is 12.1 Å². The van der Waals surface area contributed by atoms with Crippen LogP contribution in [0.1, 0.15) is 27.2 Å². The second kappa shape index (κ2) is 9.23. The summed E-state index contributed by atoms with van der Waals surface area (Å²) in [4.78, 5) is 0. The lowest BCUT2D eigenvalue weighted by atomic mass is 10.2. The first-order valence-corrected chi connectivity index (χ1v) is 15.4. The Morgan fingerprint density at radius 1 is 0.893 bits per heavy atom. The van der Waals surface area contributed by atoms with Crippen LogP contribution in [-0.2, 0) is 4.43 Å². The van der Waals surface area contributed by atoms with Crippen LogP contribution in [0, 0.1) is 11.5 Å². The van der Waals surface area contributed by atoms with E-state index in [2.05, 4.69) is 100 Å². The average Bonchev–Trinajstić information content (AvgIpc) is 2.64. The summed E-state index contributed by atoms with van der Waals surface area (Å²) in [7, 11) is -4.09. The molecule has 0 amide bonds. The molecule has 2 nitrogen and oxygen atoms in total. The van der Waals surface area contributed by atoms with E-state index in [0.717, 1.165) is 0 Å².